The van der Waals surface area contributed by atoms with Crippen molar-refractivity contribution in [2.75, 3.05) is 75.0 Å². The molecule has 2 fully saturated rings. The van der Waals surface area contributed by atoms with Gasteiger partial charge in [-0.05, 0) is 96.4 Å². The van der Waals surface area contributed by atoms with Crippen molar-refractivity contribution < 1.29 is 19.1 Å². The molecule has 0 unspecified atom stereocenters. The van der Waals surface area contributed by atoms with E-state index in [1.54, 1.807) is 35.3 Å². The monoisotopic (exact) mass is 955 g/mol. The first-order chi connectivity index (χ1) is 32.5. The van der Waals surface area contributed by atoms with Gasteiger partial charge in [-0.15, -0.1) is 0 Å². The van der Waals surface area contributed by atoms with Crippen LogP contribution in [0, 0.1) is 23.8 Å². The average Bonchev–Trinajstić information content (AvgIpc) is 3.94. The van der Waals surface area contributed by atoms with E-state index in [4.69, 9.17) is 27.6 Å². The second kappa shape index (κ2) is 23.5. The predicted octanol–water partition coefficient (Wildman–Crippen LogP) is 7.28. The molecular formula is C49H65N13O4Si2. The number of rotatable bonds is 17. The number of nitrogens with zero attached hydrogens (tertiary/aromatic N) is 10. The molecule has 2 aromatic heterocycles. The lowest BCUT2D eigenvalue weighted by atomic mass is 10.0. The van der Waals surface area contributed by atoms with Gasteiger partial charge in [-0.3, -0.25) is 14.5 Å². The van der Waals surface area contributed by atoms with Crippen molar-refractivity contribution in [3.8, 4) is 17.5 Å². The van der Waals surface area contributed by atoms with Gasteiger partial charge in [0, 0.05) is 108 Å². The number of carbonyl (C=O) groups is 2. The van der Waals surface area contributed by atoms with Crippen molar-refractivity contribution in [3.05, 3.63) is 102 Å². The summed E-state index contributed by atoms with van der Waals surface area (Å²) < 4.78 is 13.3. The van der Waals surface area contributed by atoms with Gasteiger partial charge in [-0.2, -0.15) is 15.0 Å². The number of carbonyl (C=O) groups excluding carboxylic acids is 2. The van der Waals surface area contributed by atoms with E-state index >= 15 is 0 Å². The summed E-state index contributed by atoms with van der Waals surface area (Å²) >= 11 is 0. The minimum Gasteiger partial charge on any atom is -0.399 e. The fourth-order valence-corrected chi connectivity index (χ4v) is 9.33. The zero-order valence-electron chi connectivity index (χ0n) is 40.2. The summed E-state index contributed by atoms with van der Waals surface area (Å²) in [7, 11) is -2.31. The summed E-state index contributed by atoms with van der Waals surface area (Å²) in [4.78, 5) is 44.8. The van der Waals surface area contributed by atoms with Crippen LogP contribution in [0.1, 0.15) is 17.5 Å². The summed E-state index contributed by atoms with van der Waals surface area (Å²) in [6.07, 6.45) is 4.14. The number of nitrogens with one attached hydrogen (secondary N) is 1. The molecule has 358 valence electrons. The SMILES string of the molecule is C[Si](C)(C)CCOCc1ccc(NC(=O)[C@@H]2CCN(CC(=O)N3CCN(c4ccc(-c5ncccn5)cc4)CC3)C2)cc1/C(C#N)=N/N.[C-]#[N+]c1nn(COCC[Si](C)(C)C)c2ccc(N)cc12. The Morgan fingerprint density at radius 3 is 2.26 bits per heavy atom. The van der Waals surface area contributed by atoms with Crippen LogP contribution in [0.2, 0.25) is 51.4 Å². The van der Waals surface area contributed by atoms with E-state index in [1.807, 2.05) is 47.4 Å². The van der Waals surface area contributed by atoms with Gasteiger partial charge in [0.05, 0.1) is 24.6 Å². The topological polar surface area (TPSA) is 210 Å². The normalized spacial score (nSPS) is 15.6. The Hall–Kier alpha value is -6.49. The number of nitriles is 1. The molecule has 0 aliphatic carbocycles. The zero-order valence-corrected chi connectivity index (χ0v) is 42.2. The molecule has 1 atom stereocenters. The first kappa shape index (κ1) is 50.9. The number of benzene rings is 3. The van der Waals surface area contributed by atoms with Crippen LogP contribution in [0.5, 0.6) is 0 Å². The van der Waals surface area contributed by atoms with E-state index in [9.17, 15) is 14.9 Å². The first-order valence-electron chi connectivity index (χ1n) is 23.1. The number of piperazine rings is 1. The minimum atomic E-state index is -1.23. The zero-order chi connectivity index (χ0) is 48.8. The molecule has 3 aromatic carbocycles. The van der Waals surface area contributed by atoms with Crippen LogP contribution < -0.4 is 21.8 Å². The Bertz CT molecular complexity index is 2610. The highest BCUT2D eigenvalue weighted by molar-refractivity contribution is 6.76. The third-order valence-electron chi connectivity index (χ3n) is 11.9. The molecule has 2 aliphatic rings. The van der Waals surface area contributed by atoms with Crippen LogP contribution in [-0.2, 0) is 32.4 Å². The average molecular weight is 956 g/mol. The van der Waals surface area contributed by atoms with Gasteiger partial charge >= 0.3 is 5.82 Å². The second-order valence-corrected chi connectivity index (χ2v) is 30.8. The molecule has 19 heteroatoms. The lowest BCUT2D eigenvalue weighted by Gasteiger charge is -2.36. The molecule has 5 aromatic rings. The summed E-state index contributed by atoms with van der Waals surface area (Å²) in [5.74, 6) is 6.32. The third kappa shape index (κ3) is 14.5. The highest BCUT2D eigenvalue weighted by Crippen LogP contribution is 2.28. The number of amides is 2. The Morgan fingerprint density at radius 1 is 0.926 bits per heavy atom. The van der Waals surface area contributed by atoms with Crippen LogP contribution in [-0.4, -0.2) is 122 Å². The molecule has 0 radical (unpaired) electrons. The van der Waals surface area contributed by atoms with E-state index in [-0.39, 0.29) is 23.4 Å². The summed E-state index contributed by atoms with van der Waals surface area (Å²) in [5.41, 5.74) is 11.3. The number of nitrogens with two attached hydrogens (primary N) is 2. The van der Waals surface area contributed by atoms with Crippen LogP contribution in [0.4, 0.5) is 22.9 Å². The maximum Gasteiger partial charge on any atom is 0.303 e. The Balaban J connectivity index is 0.000000317. The van der Waals surface area contributed by atoms with Gasteiger partial charge < -0.3 is 41.0 Å². The van der Waals surface area contributed by atoms with E-state index in [0.29, 0.717) is 87.7 Å². The number of ether oxygens (including phenoxy) is 2. The number of nitrogen functional groups attached to an aromatic ring is 1. The van der Waals surface area contributed by atoms with E-state index < -0.39 is 16.1 Å². The predicted molar refractivity (Wildman–Crippen MR) is 275 cm³/mol. The molecule has 17 nitrogen and oxygen atoms in total. The number of aromatic nitrogens is 4. The van der Waals surface area contributed by atoms with Gasteiger partial charge in [0.15, 0.2) is 18.3 Å². The van der Waals surface area contributed by atoms with Crippen LogP contribution in [0.25, 0.3) is 27.1 Å². The van der Waals surface area contributed by atoms with Gasteiger partial charge in [-0.25, -0.2) is 9.97 Å². The van der Waals surface area contributed by atoms with Crippen molar-refractivity contribution in [1.82, 2.24) is 29.5 Å². The van der Waals surface area contributed by atoms with Crippen LogP contribution in [0.3, 0.4) is 0 Å². The van der Waals surface area contributed by atoms with Crippen LogP contribution >= 0.6 is 0 Å². The molecule has 0 bridgehead atoms. The quantitative estimate of drug-likeness (QED) is 0.0160. The molecule has 2 aliphatic heterocycles. The van der Waals surface area contributed by atoms with E-state index in [2.05, 4.69) is 91.5 Å². The lowest BCUT2D eigenvalue weighted by molar-refractivity contribution is -0.132. The van der Waals surface area contributed by atoms with Crippen molar-refractivity contribution in [3.63, 3.8) is 0 Å². The maximum absolute atomic E-state index is 13.2. The van der Waals surface area contributed by atoms with E-state index in [0.717, 1.165) is 59.5 Å². The lowest BCUT2D eigenvalue weighted by Crippen LogP contribution is -2.51. The minimum absolute atomic E-state index is 0.0809. The molecule has 7 rings (SSSR count). The van der Waals surface area contributed by atoms with Crippen molar-refractivity contribution >= 4 is 67.5 Å². The van der Waals surface area contributed by atoms with Gasteiger partial charge in [-0.1, -0.05) is 51.9 Å². The highest BCUT2D eigenvalue weighted by atomic mass is 28.3. The number of hydrogen-bond donors (Lipinski definition) is 3. The van der Waals surface area contributed by atoms with Gasteiger partial charge in [0.25, 0.3) is 0 Å². The number of fused-ring (bicyclic) bond motifs is 1. The molecule has 4 heterocycles. The first-order valence-corrected chi connectivity index (χ1v) is 30.5. The number of hydrogen-bond acceptors (Lipinski definition) is 13. The summed E-state index contributed by atoms with van der Waals surface area (Å²) in [6.45, 7) is 27.4. The molecular weight excluding hydrogens is 891 g/mol. The Labute approximate surface area is 401 Å². The molecule has 5 N–H and O–H groups in total. The van der Waals surface area contributed by atoms with Crippen molar-refractivity contribution in [1.29, 1.82) is 5.26 Å². The van der Waals surface area contributed by atoms with Crippen molar-refractivity contribution in [2.24, 2.45) is 16.9 Å². The number of likely N-dealkylation sites (tertiary alicyclic amines) is 1. The largest absolute Gasteiger partial charge is 0.399 e. The van der Waals surface area contributed by atoms with Crippen molar-refractivity contribution in [2.45, 2.75) is 71.1 Å². The molecule has 2 saturated heterocycles. The highest BCUT2D eigenvalue weighted by Gasteiger charge is 2.31. The smallest absolute Gasteiger partial charge is 0.303 e. The van der Waals surface area contributed by atoms with Gasteiger partial charge in [0.1, 0.15) is 6.07 Å². The standard InChI is InChI=1S/C35H45N9O3Si.C14H20N4OSi/c1-48(2,3)20-19-47-25-28-5-8-29(21-31(28)32(22-36)41-37)40-35(46)27-11-14-42(23-27)24-33(45)44-17-15-43(16-18-44)30-9-6-26(7-10-30)34-38-12-4-13-39-34;1-16-14-12-9-11(15)5-6-13(12)18(17-14)10-19-7-8-20(2,3)4/h4-10,12-13,21,27H,11,14-20,23-25,37H2,1-3H3,(H,40,46);5-6,9H,7-8,10,15H2,2-4H3/b41-32+;/t27-;/m1./s1. The van der Waals surface area contributed by atoms with Crippen LogP contribution in [0.15, 0.2) is 84.2 Å². The molecule has 0 spiro atoms. The van der Waals surface area contributed by atoms with E-state index in [1.165, 1.54) is 0 Å². The number of anilines is 3. The maximum atomic E-state index is 13.2. The van der Waals surface area contributed by atoms with Gasteiger partial charge in [0.2, 0.25) is 11.8 Å². The number of hydrazone groups is 1. The fraction of sp³-hybridized carbons (Fsp3) is 0.429. The Morgan fingerprint density at radius 2 is 1.62 bits per heavy atom. The summed E-state index contributed by atoms with van der Waals surface area (Å²) in [5, 5.41) is 21.3. The fourth-order valence-electron chi connectivity index (χ4n) is 7.82. The Kier molecular flexibility index (Phi) is 17.6. The molecule has 0 saturated carbocycles. The third-order valence-corrected chi connectivity index (χ3v) is 15.3. The molecule has 68 heavy (non-hydrogen) atoms. The summed E-state index contributed by atoms with van der Waals surface area (Å²) in [6, 6.07) is 25.1. The second-order valence-electron chi connectivity index (χ2n) is 19.6. The molecule has 2 amide bonds.